The number of nitrogens with zero attached hydrogens (tertiary/aromatic N) is 4. The maximum atomic E-state index is 11.8. The molecule has 1 rings (SSSR count). The summed E-state index contributed by atoms with van der Waals surface area (Å²) in [7, 11) is 1.83. The molecule has 1 heterocycles. The fraction of sp³-hybridized carbons (Fsp3) is 0.889. The Kier molecular flexibility index (Phi) is 7.10. The molecule has 0 saturated heterocycles. The zero-order chi connectivity index (χ0) is 14.1. The van der Waals surface area contributed by atoms with Gasteiger partial charge < -0.3 is 10.1 Å². The van der Waals surface area contributed by atoms with E-state index in [1.807, 2.05) is 7.05 Å². The summed E-state index contributed by atoms with van der Waals surface area (Å²) >= 11 is 1.40. The number of rotatable bonds is 9. The van der Waals surface area contributed by atoms with Crippen molar-refractivity contribution < 1.29 is 17.9 Å². The van der Waals surface area contributed by atoms with Crippen molar-refractivity contribution in [2.24, 2.45) is 0 Å². The molecule has 110 valence electrons. The molecule has 0 aliphatic heterocycles. The largest absolute Gasteiger partial charge is 0.411 e. The Morgan fingerprint density at radius 1 is 1.42 bits per heavy atom. The van der Waals surface area contributed by atoms with Gasteiger partial charge in [0.2, 0.25) is 5.16 Å². The van der Waals surface area contributed by atoms with Crippen molar-refractivity contribution in [3.05, 3.63) is 0 Å². The van der Waals surface area contributed by atoms with Gasteiger partial charge in [-0.05, 0) is 23.9 Å². The van der Waals surface area contributed by atoms with Crippen LogP contribution in [-0.2, 0) is 11.3 Å². The Bertz CT molecular complexity index is 360. The van der Waals surface area contributed by atoms with E-state index in [4.69, 9.17) is 0 Å². The lowest BCUT2D eigenvalue weighted by Gasteiger charge is -2.07. The van der Waals surface area contributed by atoms with Crippen LogP contribution in [0.3, 0.4) is 0 Å². The van der Waals surface area contributed by atoms with Crippen LogP contribution >= 0.6 is 11.8 Å². The van der Waals surface area contributed by atoms with Crippen LogP contribution in [0.2, 0.25) is 0 Å². The van der Waals surface area contributed by atoms with E-state index in [1.165, 1.54) is 11.8 Å². The third-order valence-corrected chi connectivity index (χ3v) is 3.05. The molecule has 10 heteroatoms. The first-order chi connectivity index (χ1) is 9.03. The normalized spacial score (nSPS) is 12.0. The Labute approximate surface area is 113 Å². The number of likely N-dealkylation sites (N-methyl/N-ethyl adjacent to an activating group) is 1. The summed E-state index contributed by atoms with van der Waals surface area (Å²) < 4.78 is 41.5. The first kappa shape index (κ1) is 16.2. The second kappa shape index (κ2) is 8.33. The van der Waals surface area contributed by atoms with E-state index in [1.54, 1.807) is 4.68 Å². The molecule has 0 aliphatic rings. The quantitative estimate of drug-likeness (QED) is 0.541. The molecular weight excluding hydrogens is 283 g/mol. The van der Waals surface area contributed by atoms with Crippen LogP contribution in [-0.4, -0.2) is 58.9 Å². The molecule has 0 spiro atoms. The zero-order valence-electron chi connectivity index (χ0n) is 10.5. The van der Waals surface area contributed by atoms with Crippen LogP contribution in [0, 0.1) is 0 Å². The molecule has 0 saturated carbocycles. The first-order valence-electron chi connectivity index (χ1n) is 5.71. The number of alkyl halides is 3. The average Bonchev–Trinajstić information content (AvgIpc) is 2.77. The maximum absolute atomic E-state index is 11.8. The number of tetrazole rings is 1. The predicted molar refractivity (Wildman–Crippen MR) is 64.0 cm³/mol. The second-order valence-corrected chi connectivity index (χ2v) is 4.72. The molecule has 6 nitrogen and oxygen atoms in total. The zero-order valence-corrected chi connectivity index (χ0v) is 11.3. The van der Waals surface area contributed by atoms with Gasteiger partial charge in [0.1, 0.15) is 6.61 Å². The van der Waals surface area contributed by atoms with Crippen molar-refractivity contribution in [2.75, 3.05) is 32.6 Å². The second-order valence-electron chi connectivity index (χ2n) is 3.66. The molecule has 0 fully saturated rings. The van der Waals surface area contributed by atoms with Gasteiger partial charge in [0.15, 0.2) is 0 Å². The number of nitrogens with one attached hydrogen (secondary N) is 1. The number of ether oxygens (including phenoxy) is 1. The third kappa shape index (κ3) is 7.33. The smallest absolute Gasteiger partial charge is 0.372 e. The minimum atomic E-state index is -4.26. The molecule has 1 aromatic rings. The van der Waals surface area contributed by atoms with Gasteiger partial charge in [0.25, 0.3) is 0 Å². The molecule has 0 aliphatic carbocycles. The fourth-order valence-electron chi connectivity index (χ4n) is 1.17. The van der Waals surface area contributed by atoms with Crippen LogP contribution in [0.5, 0.6) is 0 Å². The summed E-state index contributed by atoms with van der Waals surface area (Å²) in [6.07, 6.45) is -3.75. The Morgan fingerprint density at radius 3 is 2.89 bits per heavy atom. The topological polar surface area (TPSA) is 64.9 Å². The lowest BCUT2D eigenvalue weighted by atomic mass is 10.5. The van der Waals surface area contributed by atoms with Gasteiger partial charge >= 0.3 is 6.18 Å². The summed E-state index contributed by atoms with van der Waals surface area (Å²) in [5.74, 6) is 0.609. The summed E-state index contributed by atoms with van der Waals surface area (Å²) in [6.45, 7) is 0.270. The summed E-state index contributed by atoms with van der Waals surface area (Å²) in [5.41, 5.74) is 0. The number of thioether (sulfide) groups is 1. The highest BCUT2D eigenvalue weighted by Crippen LogP contribution is 2.16. The molecule has 0 bridgehead atoms. The Balaban J connectivity index is 2.14. The van der Waals surface area contributed by atoms with Crippen molar-refractivity contribution >= 4 is 11.8 Å². The summed E-state index contributed by atoms with van der Waals surface area (Å²) in [6, 6.07) is 0. The standard InChI is InChI=1S/C9H16F3N5OS/c1-13-3-4-17-8(14-15-16-17)19-6-2-5-18-7-9(10,11)12/h13H,2-7H2,1H3. The molecule has 0 amide bonds. The SMILES string of the molecule is CNCCn1nnnc1SCCCOCC(F)(F)F. The highest BCUT2D eigenvalue weighted by molar-refractivity contribution is 7.99. The van der Waals surface area contributed by atoms with Crippen LogP contribution in [0.1, 0.15) is 6.42 Å². The van der Waals surface area contributed by atoms with E-state index in [0.717, 1.165) is 6.54 Å². The number of aromatic nitrogens is 4. The highest BCUT2D eigenvalue weighted by Gasteiger charge is 2.27. The maximum Gasteiger partial charge on any atom is 0.411 e. The Morgan fingerprint density at radius 2 is 2.21 bits per heavy atom. The van der Waals surface area contributed by atoms with Crippen molar-refractivity contribution in [3.63, 3.8) is 0 Å². The fourth-order valence-corrected chi connectivity index (χ4v) is 1.99. The lowest BCUT2D eigenvalue weighted by molar-refractivity contribution is -0.173. The molecule has 1 aromatic heterocycles. The van der Waals surface area contributed by atoms with Gasteiger partial charge in [-0.2, -0.15) is 13.2 Å². The monoisotopic (exact) mass is 299 g/mol. The van der Waals surface area contributed by atoms with E-state index in [2.05, 4.69) is 25.6 Å². The molecule has 1 N–H and O–H groups in total. The van der Waals surface area contributed by atoms with Crippen LogP contribution < -0.4 is 5.32 Å². The van der Waals surface area contributed by atoms with Crippen LogP contribution in [0.25, 0.3) is 0 Å². The molecule has 0 atom stereocenters. The van der Waals surface area contributed by atoms with Gasteiger partial charge in [-0.25, -0.2) is 4.68 Å². The Hall–Kier alpha value is -0.870. The van der Waals surface area contributed by atoms with E-state index < -0.39 is 12.8 Å². The number of hydrogen-bond donors (Lipinski definition) is 1. The van der Waals surface area contributed by atoms with E-state index in [0.29, 0.717) is 23.9 Å². The van der Waals surface area contributed by atoms with E-state index >= 15 is 0 Å². The van der Waals surface area contributed by atoms with E-state index in [9.17, 15) is 13.2 Å². The van der Waals surface area contributed by atoms with Crippen molar-refractivity contribution in [3.8, 4) is 0 Å². The van der Waals surface area contributed by atoms with Gasteiger partial charge in [-0.15, -0.1) is 5.10 Å². The minimum absolute atomic E-state index is 0.0740. The third-order valence-electron chi connectivity index (χ3n) is 2.00. The number of hydrogen-bond acceptors (Lipinski definition) is 6. The van der Waals surface area contributed by atoms with Crippen LogP contribution in [0.15, 0.2) is 5.16 Å². The molecule has 0 unspecified atom stereocenters. The van der Waals surface area contributed by atoms with Gasteiger partial charge in [-0.1, -0.05) is 11.8 Å². The molecular formula is C9H16F3N5OS. The highest BCUT2D eigenvalue weighted by atomic mass is 32.2. The van der Waals surface area contributed by atoms with Crippen LogP contribution in [0.4, 0.5) is 13.2 Å². The summed E-state index contributed by atoms with van der Waals surface area (Å²) in [4.78, 5) is 0. The molecule has 19 heavy (non-hydrogen) atoms. The predicted octanol–water partition coefficient (Wildman–Crippen LogP) is 0.954. The molecule has 0 radical (unpaired) electrons. The van der Waals surface area contributed by atoms with E-state index in [-0.39, 0.29) is 6.61 Å². The van der Waals surface area contributed by atoms with Gasteiger partial charge in [0.05, 0.1) is 6.54 Å². The van der Waals surface area contributed by atoms with Crippen molar-refractivity contribution in [1.82, 2.24) is 25.5 Å². The summed E-state index contributed by atoms with van der Waals surface area (Å²) in [5, 5.41) is 14.9. The minimum Gasteiger partial charge on any atom is -0.372 e. The average molecular weight is 299 g/mol. The van der Waals surface area contributed by atoms with Gasteiger partial charge in [0, 0.05) is 18.9 Å². The van der Waals surface area contributed by atoms with Crippen molar-refractivity contribution in [2.45, 2.75) is 24.3 Å². The number of halogens is 3. The first-order valence-corrected chi connectivity index (χ1v) is 6.69. The lowest BCUT2D eigenvalue weighted by Crippen LogP contribution is -2.17. The van der Waals surface area contributed by atoms with Crippen molar-refractivity contribution in [1.29, 1.82) is 0 Å². The van der Waals surface area contributed by atoms with Gasteiger partial charge in [-0.3, -0.25) is 0 Å². The molecule has 0 aromatic carbocycles.